The largest absolute Gasteiger partial charge is 0.348 e. The van der Waals surface area contributed by atoms with Gasteiger partial charge in [-0.25, -0.2) is 4.98 Å². The highest BCUT2D eigenvalue weighted by Crippen LogP contribution is 2.04. The highest BCUT2D eigenvalue weighted by molar-refractivity contribution is 5.89. The Balaban J connectivity index is 2.62. The zero-order valence-electron chi connectivity index (χ0n) is 11.0. The number of H-pyrrole nitrogens is 1. The molecule has 0 aromatic carbocycles. The molecule has 0 fully saturated rings. The number of nitrogens with zero attached hydrogens (tertiary/aromatic N) is 1. The zero-order chi connectivity index (χ0) is 13.4. The summed E-state index contributed by atoms with van der Waals surface area (Å²) >= 11 is 0. The van der Waals surface area contributed by atoms with E-state index in [9.17, 15) is 9.59 Å². The van der Waals surface area contributed by atoms with E-state index >= 15 is 0 Å². The van der Waals surface area contributed by atoms with E-state index in [4.69, 9.17) is 0 Å². The average molecular weight is 251 g/mol. The molecule has 0 saturated carbocycles. The molecule has 5 heteroatoms. The molecule has 0 aliphatic carbocycles. The number of imidazole rings is 1. The van der Waals surface area contributed by atoms with Crippen molar-refractivity contribution in [2.24, 2.45) is 0 Å². The summed E-state index contributed by atoms with van der Waals surface area (Å²) in [6.07, 6.45) is 6.26. The molecule has 1 aromatic rings. The second-order valence-corrected chi connectivity index (χ2v) is 4.37. The standard InChI is InChI=1S/C13H21N3O2/c1-3-5-12(17)11(16-13(18)6-4-2)7-10-8-14-9-15-10/h8-9,11H,3-7H2,1-2H3,(H,14,15)(H,16,18). The van der Waals surface area contributed by atoms with Gasteiger partial charge in [-0.2, -0.15) is 0 Å². The summed E-state index contributed by atoms with van der Waals surface area (Å²) in [5.41, 5.74) is 0.862. The van der Waals surface area contributed by atoms with Crippen LogP contribution in [-0.2, 0) is 16.0 Å². The summed E-state index contributed by atoms with van der Waals surface area (Å²) in [6, 6.07) is -0.440. The van der Waals surface area contributed by atoms with Crippen molar-refractivity contribution in [3.05, 3.63) is 18.2 Å². The molecule has 1 rings (SSSR count). The van der Waals surface area contributed by atoms with Crippen molar-refractivity contribution >= 4 is 11.7 Å². The van der Waals surface area contributed by atoms with Crippen molar-refractivity contribution in [1.82, 2.24) is 15.3 Å². The average Bonchev–Trinajstić information content (AvgIpc) is 2.81. The Hall–Kier alpha value is -1.65. The van der Waals surface area contributed by atoms with Crippen LogP contribution in [0.4, 0.5) is 0 Å². The Morgan fingerprint density at radius 3 is 2.61 bits per heavy atom. The second-order valence-electron chi connectivity index (χ2n) is 4.37. The number of amides is 1. The third kappa shape index (κ3) is 4.69. The lowest BCUT2D eigenvalue weighted by atomic mass is 10.0. The fraction of sp³-hybridized carbons (Fsp3) is 0.615. The summed E-state index contributed by atoms with van der Waals surface area (Å²) in [4.78, 5) is 30.4. The fourth-order valence-corrected chi connectivity index (χ4v) is 1.78. The first-order chi connectivity index (χ1) is 8.67. The Kier molecular flexibility index (Phi) is 6.11. The molecule has 1 atom stereocenters. The number of Topliss-reactive ketones (excluding diaryl/α,β-unsaturated/α-hetero) is 1. The summed E-state index contributed by atoms with van der Waals surface area (Å²) in [7, 11) is 0. The molecule has 0 bridgehead atoms. The number of aromatic nitrogens is 2. The van der Waals surface area contributed by atoms with Gasteiger partial charge in [-0.15, -0.1) is 0 Å². The van der Waals surface area contributed by atoms with E-state index in [0.29, 0.717) is 19.3 Å². The summed E-state index contributed by atoms with van der Waals surface area (Å²) < 4.78 is 0. The lowest BCUT2D eigenvalue weighted by Gasteiger charge is -2.16. The van der Waals surface area contributed by atoms with Gasteiger partial charge in [0.05, 0.1) is 12.4 Å². The first kappa shape index (κ1) is 14.4. The Labute approximate surface area is 107 Å². The van der Waals surface area contributed by atoms with Crippen molar-refractivity contribution in [1.29, 1.82) is 0 Å². The second kappa shape index (κ2) is 7.63. The number of hydrogen-bond donors (Lipinski definition) is 2. The molecule has 1 unspecified atom stereocenters. The van der Waals surface area contributed by atoms with Gasteiger partial charge in [0.15, 0.2) is 5.78 Å². The topological polar surface area (TPSA) is 74.8 Å². The number of hydrogen-bond acceptors (Lipinski definition) is 3. The minimum Gasteiger partial charge on any atom is -0.348 e. The molecule has 0 aliphatic rings. The van der Waals surface area contributed by atoms with Gasteiger partial charge in [0.2, 0.25) is 5.91 Å². The highest BCUT2D eigenvalue weighted by atomic mass is 16.2. The molecule has 2 N–H and O–H groups in total. The van der Waals surface area contributed by atoms with E-state index in [2.05, 4.69) is 15.3 Å². The molecule has 0 radical (unpaired) electrons. The van der Waals surface area contributed by atoms with Crippen LogP contribution in [0.2, 0.25) is 0 Å². The third-order valence-electron chi connectivity index (χ3n) is 2.68. The molecular weight excluding hydrogens is 230 g/mol. The van der Waals surface area contributed by atoms with Gasteiger partial charge in [0.25, 0.3) is 0 Å². The smallest absolute Gasteiger partial charge is 0.220 e. The van der Waals surface area contributed by atoms with Gasteiger partial charge in [0.1, 0.15) is 0 Å². The molecule has 18 heavy (non-hydrogen) atoms. The molecule has 1 heterocycles. The van der Waals surface area contributed by atoms with Gasteiger partial charge in [-0.05, 0) is 12.8 Å². The Bertz CT molecular complexity index is 374. The van der Waals surface area contributed by atoms with Crippen LogP contribution in [0.3, 0.4) is 0 Å². The summed E-state index contributed by atoms with van der Waals surface area (Å²) in [5, 5.41) is 2.80. The van der Waals surface area contributed by atoms with Gasteiger partial charge in [0, 0.05) is 31.2 Å². The molecular formula is C13H21N3O2. The van der Waals surface area contributed by atoms with Crippen LogP contribution in [-0.4, -0.2) is 27.7 Å². The van der Waals surface area contributed by atoms with Crippen molar-refractivity contribution in [2.45, 2.75) is 52.0 Å². The van der Waals surface area contributed by atoms with E-state index in [-0.39, 0.29) is 11.7 Å². The molecule has 0 saturated heterocycles. The van der Waals surface area contributed by atoms with Gasteiger partial charge >= 0.3 is 0 Å². The fourth-order valence-electron chi connectivity index (χ4n) is 1.78. The maximum absolute atomic E-state index is 12.0. The maximum atomic E-state index is 12.0. The summed E-state index contributed by atoms with van der Waals surface area (Å²) in [5.74, 6) is 0.0167. The SMILES string of the molecule is CCCC(=O)NC(Cc1cnc[nH]1)C(=O)CCC. The number of carbonyl (C=O) groups excluding carboxylic acids is 2. The number of carbonyl (C=O) groups is 2. The molecule has 5 nitrogen and oxygen atoms in total. The lowest BCUT2D eigenvalue weighted by Crippen LogP contribution is -2.42. The van der Waals surface area contributed by atoms with E-state index in [1.165, 1.54) is 0 Å². The molecule has 1 aromatic heterocycles. The van der Waals surface area contributed by atoms with Crippen molar-refractivity contribution < 1.29 is 9.59 Å². The van der Waals surface area contributed by atoms with Crippen molar-refractivity contribution in [3.63, 3.8) is 0 Å². The quantitative estimate of drug-likeness (QED) is 0.737. The van der Waals surface area contributed by atoms with Crippen LogP contribution in [0, 0.1) is 0 Å². The summed E-state index contributed by atoms with van der Waals surface area (Å²) in [6.45, 7) is 3.90. The van der Waals surface area contributed by atoms with Crippen LogP contribution >= 0.6 is 0 Å². The van der Waals surface area contributed by atoms with Crippen LogP contribution in [0.25, 0.3) is 0 Å². The molecule has 1 amide bonds. The van der Waals surface area contributed by atoms with Crippen LogP contribution in [0.1, 0.15) is 45.2 Å². The predicted octanol–water partition coefficient (Wildman–Crippen LogP) is 1.61. The van der Waals surface area contributed by atoms with Gasteiger partial charge in [-0.3, -0.25) is 9.59 Å². The first-order valence-electron chi connectivity index (χ1n) is 6.46. The minimum atomic E-state index is -0.440. The van der Waals surface area contributed by atoms with Crippen molar-refractivity contribution in [3.8, 4) is 0 Å². The van der Waals surface area contributed by atoms with Crippen LogP contribution < -0.4 is 5.32 Å². The molecule has 0 aliphatic heterocycles. The van der Waals surface area contributed by atoms with Gasteiger partial charge < -0.3 is 10.3 Å². The van der Waals surface area contributed by atoms with E-state index in [1.807, 2.05) is 13.8 Å². The van der Waals surface area contributed by atoms with E-state index in [0.717, 1.165) is 18.5 Å². The number of ketones is 1. The molecule has 0 spiro atoms. The Morgan fingerprint density at radius 2 is 2.06 bits per heavy atom. The van der Waals surface area contributed by atoms with Crippen molar-refractivity contribution in [2.75, 3.05) is 0 Å². The van der Waals surface area contributed by atoms with Crippen LogP contribution in [0.5, 0.6) is 0 Å². The minimum absolute atomic E-state index is 0.0635. The van der Waals surface area contributed by atoms with Crippen LogP contribution in [0.15, 0.2) is 12.5 Å². The maximum Gasteiger partial charge on any atom is 0.220 e. The zero-order valence-corrected chi connectivity index (χ0v) is 11.0. The number of nitrogens with one attached hydrogen (secondary N) is 2. The number of rotatable bonds is 8. The van der Waals surface area contributed by atoms with Gasteiger partial charge in [-0.1, -0.05) is 13.8 Å². The first-order valence-corrected chi connectivity index (χ1v) is 6.46. The van der Waals surface area contributed by atoms with E-state index < -0.39 is 6.04 Å². The lowest BCUT2D eigenvalue weighted by molar-refractivity contribution is -0.127. The predicted molar refractivity (Wildman–Crippen MR) is 69.0 cm³/mol. The molecule has 100 valence electrons. The number of aromatic amines is 1. The third-order valence-corrected chi connectivity index (χ3v) is 2.68. The normalized spacial score (nSPS) is 12.1. The monoisotopic (exact) mass is 251 g/mol. The van der Waals surface area contributed by atoms with E-state index in [1.54, 1.807) is 12.5 Å². The Morgan fingerprint density at radius 1 is 1.33 bits per heavy atom. The highest BCUT2D eigenvalue weighted by Gasteiger charge is 2.20.